The summed E-state index contributed by atoms with van der Waals surface area (Å²) in [6.45, 7) is 0. The van der Waals surface area contributed by atoms with Crippen molar-refractivity contribution in [2.24, 2.45) is 0 Å². The van der Waals surface area contributed by atoms with Crippen LogP contribution in [0.2, 0.25) is 5.02 Å². The van der Waals surface area contributed by atoms with Gasteiger partial charge in [0.05, 0.1) is 10.8 Å². The van der Waals surface area contributed by atoms with Crippen LogP contribution in [0.1, 0.15) is 10.6 Å². The van der Waals surface area contributed by atoms with E-state index in [2.05, 4.69) is 15.9 Å². The van der Waals surface area contributed by atoms with Gasteiger partial charge in [0, 0.05) is 14.8 Å². The maximum Gasteiger partial charge on any atom is 0.208 e. The zero-order valence-corrected chi connectivity index (χ0v) is 14.0. The molecule has 0 saturated carbocycles. The Kier molecular flexibility index (Phi) is 4.38. The molecule has 1 heterocycles. The van der Waals surface area contributed by atoms with Crippen LogP contribution in [0.4, 0.5) is 0 Å². The number of hydrogen-bond acceptors (Lipinski definition) is 3. The van der Waals surface area contributed by atoms with Crippen LogP contribution in [0.15, 0.2) is 62.3 Å². The third kappa shape index (κ3) is 3.34. The third-order valence-electron chi connectivity index (χ3n) is 2.95. The Morgan fingerprint density at radius 2 is 1.95 bits per heavy atom. The van der Waals surface area contributed by atoms with Gasteiger partial charge in [-0.25, -0.2) is 0 Å². The number of Topliss-reactive ketones (excluding diaryl/α,β-unsaturated/α-hetero) is 1. The van der Waals surface area contributed by atoms with Crippen LogP contribution < -0.4 is 0 Å². The van der Waals surface area contributed by atoms with Crippen LogP contribution in [-0.4, -0.2) is 11.5 Å². The van der Waals surface area contributed by atoms with E-state index in [4.69, 9.17) is 16.0 Å². The van der Waals surface area contributed by atoms with Gasteiger partial charge in [-0.3, -0.25) is 4.79 Å². The Hall–Kier alpha value is -1.23. The molecule has 0 N–H and O–H groups in total. The van der Waals surface area contributed by atoms with Crippen LogP contribution in [0.3, 0.4) is 0 Å². The standard InChI is InChI=1S/C16H10BrClO2S/c17-11-4-6-12(7-5-11)21-9-14(19)15-8-10-2-1-3-13(18)16(10)20-15/h1-8H,9H2. The zero-order chi connectivity index (χ0) is 14.8. The van der Waals surface area contributed by atoms with Crippen molar-refractivity contribution in [3.63, 3.8) is 0 Å². The van der Waals surface area contributed by atoms with Gasteiger partial charge in [0.25, 0.3) is 0 Å². The molecule has 5 heteroatoms. The van der Waals surface area contributed by atoms with Crippen molar-refractivity contribution < 1.29 is 9.21 Å². The molecule has 0 aliphatic rings. The molecule has 1 aromatic heterocycles. The van der Waals surface area contributed by atoms with Gasteiger partial charge in [-0.15, -0.1) is 11.8 Å². The highest BCUT2D eigenvalue weighted by molar-refractivity contribution is 9.10. The number of fused-ring (bicyclic) bond motifs is 1. The second-order valence-electron chi connectivity index (χ2n) is 4.43. The molecule has 0 fully saturated rings. The molecule has 106 valence electrons. The van der Waals surface area contributed by atoms with Crippen molar-refractivity contribution in [2.45, 2.75) is 4.90 Å². The highest BCUT2D eigenvalue weighted by atomic mass is 79.9. The molecule has 0 unspecified atom stereocenters. The lowest BCUT2D eigenvalue weighted by Crippen LogP contribution is -2.00. The van der Waals surface area contributed by atoms with E-state index in [9.17, 15) is 4.79 Å². The van der Waals surface area contributed by atoms with Gasteiger partial charge in [0.1, 0.15) is 0 Å². The molecule has 3 aromatic rings. The number of para-hydroxylation sites is 1. The summed E-state index contributed by atoms with van der Waals surface area (Å²) in [4.78, 5) is 13.2. The second kappa shape index (κ2) is 6.26. The van der Waals surface area contributed by atoms with Crippen molar-refractivity contribution in [1.82, 2.24) is 0 Å². The van der Waals surface area contributed by atoms with Crippen LogP contribution in [0.5, 0.6) is 0 Å². The molecule has 2 nitrogen and oxygen atoms in total. The van der Waals surface area contributed by atoms with Gasteiger partial charge in [-0.05, 0) is 36.4 Å². The highest BCUT2D eigenvalue weighted by Crippen LogP contribution is 2.28. The quantitative estimate of drug-likeness (QED) is 0.421. The van der Waals surface area contributed by atoms with Gasteiger partial charge in [0.2, 0.25) is 5.78 Å². The fraction of sp³-hybridized carbons (Fsp3) is 0.0625. The molecule has 0 saturated heterocycles. The average Bonchev–Trinajstić information content (AvgIpc) is 2.92. The van der Waals surface area contributed by atoms with E-state index in [-0.39, 0.29) is 5.78 Å². The van der Waals surface area contributed by atoms with Crippen molar-refractivity contribution in [3.8, 4) is 0 Å². The first-order valence-electron chi connectivity index (χ1n) is 6.23. The van der Waals surface area contributed by atoms with E-state index >= 15 is 0 Å². The van der Waals surface area contributed by atoms with Gasteiger partial charge in [-0.2, -0.15) is 0 Å². The average molecular weight is 382 g/mol. The first kappa shape index (κ1) is 14.7. The fourth-order valence-electron chi connectivity index (χ4n) is 1.92. The van der Waals surface area contributed by atoms with Gasteiger partial charge < -0.3 is 4.42 Å². The third-order valence-corrected chi connectivity index (χ3v) is 4.79. The van der Waals surface area contributed by atoms with Crippen molar-refractivity contribution in [1.29, 1.82) is 0 Å². The number of benzene rings is 2. The van der Waals surface area contributed by atoms with Crippen molar-refractivity contribution >= 4 is 56.0 Å². The Morgan fingerprint density at radius 3 is 2.67 bits per heavy atom. The molecular weight excluding hydrogens is 372 g/mol. The molecule has 0 bridgehead atoms. The maximum absolute atomic E-state index is 12.2. The molecule has 3 rings (SSSR count). The molecule has 0 radical (unpaired) electrons. The number of thioether (sulfide) groups is 1. The van der Waals surface area contributed by atoms with Crippen molar-refractivity contribution in [3.05, 3.63) is 63.8 Å². The largest absolute Gasteiger partial charge is 0.451 e. The fourth-order valence-corrected chi connectivity index (χ4v) is 3.17. The number of rotatable bonds is 4. The summed E-state index contributed by atoms with van der Waals surface area (Å²) in [5.41, 5.74) is 0.566. The minimum Gasteiger partial charge on any atom is -0.451 e. The van der Waals surface area contributed by atoms with E-state index in [1.165, 1.54) is 11.8 Å². The zero-order valence-electron chi connectivity index (χ0n) is 10.8. The topological polar surface area (TPSA) is 30.2 Å². The summed E-state index contributed by atoms with van der Waals surface area (Å²) in [6, 6.07) is 15.1. The molecule has 0 atom stereocenters. The number of furan rings is 1. The lowest BCUT2D eigenvalue weighted by Gasteiger charge is -1.99. The van der Waals surface area contributed by atoms with Crippen LogP contribution in [-0.2, 0) is 0 Å². The van der Waals surface area contributed by atoms with E-state index in [0.29, 0.717) is 22.1 Å². The van der Waals surface area contributed by atoms with Gasteiger partial charge in [-0.1, -0.05) is 39.7 Å². The molecule has 0 spiro atoms. The van der Waals surface area contributed by atoms with E-state index < -0.39 is 0 Å². The minimum absolute atomic E-state index is 0.0461. The molecular formula is C16H10BrClO2S. The molecule has 2 aromatic carbocycles. The van der Waals surface area contributed by atoms with E-state index in [0.717, 1.165) is 14.8 Å². The summed E-state index contributed by atoms with van der Waals surface area (Å²) in [5.74, 6) is 0.636. The highest BCUT2D eigenvalue weighted by Gasteiger charge is 2.14. The number of halogens is 2. The van der Waals surface area contributed by atoms with Gasteiger partial charge >= 0.3 is 0 Å². The summed E-state index contributed by atoms with van der Waals surface area (Å²) < 4.78 is 6.58. The first-order valence-corrected chi connectivity index (χ1v) is 8.39. The Labute approximate surface area is 139 Å². The second-order valence-corrected chi connectivity index (χ2v) is 6.81. The SMILES string of the molecule is O=C(CSc1ccc(Br)cc1)c1cc2cccc(Cl)c2o1. The smallest absolute Gasteiger partial charge is 0.208 e. The maximum atomic E-state index is 12.2. The number of hydrogen-bond donors (Lipinski definition) is 0. The van der Waals surface area contributed by atoms with Gasteiger partial charge in [0.15, 0.2) is 11.3 Å². The lowest BCUT2D eigenvalue weighted by molar-refractivity contribution is 0.0994. The van der Waals surface area contributed by atoms with Crippen LogP contribution in [0, 0.1) is 0 Å². The predicted molar refractivity (Wildman–Crippen MR) is 90.4 cm³/mol. The Morgan fingerprint density at radius 1 is 1.19 bits per heavy atom. The van der Waals surface area contributed by atoms with E-state index in [1.54, 1.807) is 12.1 Å². The van der Waals surface area contributed by atoms with Crippen LogP contribution in [0.25, 0.3) is 11.0 Å². The molecule has 21 heavy (non-hydrogen) atoms. The first-order chi connectivity index (χ1) is 10.1. The van der Waals surface area contributed by atoms with Crippen molar-refractivity contribution in [2.75, 3.05) is 5.75 Å². The predicted octanol–water partition coefficient (Wildman–Crippen LogP) is 5.82. The number of ketones is 1. The molecule has 0 amide bonds. The summed E-state index contributed by atoms with van der Waals surface area (Å²) >= 11 is 10.9. The summed E-state index contributed by atoms with van der Waals surface area (Å²) in [6.07, 6.45) is 0. The summed E-state index contributed by atoms with van der Waals surface area (Å²) in [5, 5.41) is 1.37. The molecule has 0 aliphatic heterocycles. The van der Waals surface area contributed by atoms with Crippen LogP contribution >= 0.6 is 39.3 Å². The monoisotopic (exact) mass is 380 g/mol. The normalized spacial score (nSPS) is 11.0. The minimum atomic E-state index is -0.0461. The summed E-state index contributed by atoms with van der Waals surface area (Å²) in [7, 11) is 0. The Bertz CT molecular complexity index is 796. The number of carbonyl (C=O) groups excluding carboxylic acids is 1. The lowest BCUT2D eigenvalue weighted by atomic mass is 10.2. The Balaban J connectivity index is 1.75. The molecule has 0 aliphatic carbocycles. The van der Waals surface area contributed by atoms with E-state index in [1.807, 2.05) is 36.4 Å². The number of carbonyl (C=O) groups is 1.